The van der Waals surface area contributed by atoms with E-state index in [9.17, 15) is 18.3 Å². The number of aliphatic imine (C=N–C) groups is 1. The lowest BCUT2D eigenvalue weighted by Gasteiger charge is -2.39. The Bertz CT molecular complexity index is 805. The molecule has 2 rings (SSSR count). The van der Waals surface area contributed by atoms with E-state index in [0.29, 0.717) is 38.7 Å². The molecule has 1 amide bonds. The second-order valence-electron chi connectivity index (χ2n) is 7.01. The van der Waals surface area contributed by atoms with Crippen LogP contribution >= 0.6 is 0 Å². The number of rotatable bonds is 5. The molecular weight excluding hydrogens is 368 g/mol. The first kappa shape index (κ1) is 21.0. The highest BCUT2D eigenvalue weighted by molar-refractivity contribution is 7.92. The van der Waals surface area contributed by atoms with Gasteiger partial charge in [-0.3, -0.25) is 9.79 Å². The Morgan fingerprint density at radius 2 is 2.00 bits per heavy atom. The van der Waals surface area contributed by atoms with E-state index < -0.39 is 14.6 Å². The normalized spacial score (nSPS) is 18.8. The molecule has 1 aliphatic rings. The molecule has 1 aromatic carbocycles. The molecule has 0 saturated carbocycles. The molecule has 0 spiro atoms. The molecule has 0 bridgehead atoms. The number of phenolic OH excluding ortho intramolecular Hbond substituents is 1. The van der Waals surface area contributed by atoms with Crippen LogP contribution in [0.15, 0.2) is 29.3 Å². The number of carbonyl (C=O) groups is 1. The van der Waals surface area contributed by atoms with E-state index in [2.05, 4.69) is 15.6 Å². The predicted octanol–water partition coefficient (Wildman–Crippen LogP) is 0.597. The minimum absolute atomic E-state index is 0.0661. The van der Waals surface area contributed by atoms with Crippen LogP contribution in [0.4, 0.5) is 0 Å². The van der Waals surface area contributed by atoms with Gasteiger partial charge in [-0.05, 0) is 32.9 Å². The van der Waals surface area contributed by atoms with Crippen LogP contribution in [0, 0.1) is 0 Å². The van der Waals surface area contributed by atoms with Gasteiger partial charge in [0.1, 0.15) is 5.75 Å². The first-order chi connectivity index (χ1) is 12.7. The Morgan fingerprint density at radius 3 is 2.63 bits per heavy atom. The minimum atomic E-state index is -3.12. The van der Waals surface area contributed by atoms with Crippen LogP contribution in [0.2, 0.25) is 0 Å². The third kappa shape index (κ3) is 5.12. The molecule has 0 unspecified atom stereocenters. The van der Waals surface area contributed by atoms with Crippen molar-refractivity contribution < 1.29 is 18.3 Å². The molecular formula is C18H28N4O4S. The summed E-state index contributed by atoms with van der Waals surface area (Å²) in [7, 11) is -3.12. The molecule has 3 N–H and O–H groups in total. The van der Waals surface area contributed by atoms with Crippen LogP contribution in [0.1, 0.15) is 31.1 Å². The number of phenols is 1. The van der Waals surface area contributed by atoms with E-state index in [1.165, 1.54) is 6.07 Å². The van der Waals surface area contributed by atoms with Crippen molar-refractivity contribution in [1.82, 2.24) is 15.5 Å². The molecule has 0 atom stereocenters. The number of carbonyl (C=O) groups excluding carboxylic acids is 1. The van der Waals surface area contributed by atoms with Gasteiger partial charge in [-0.2, -0.15) is 0 Å². The molecule has 0 aliphatic carbocycles. The summed E-state index contributed by atoms with van der Waals surface area (Å²) >= 11 is 0. The molecule has 1 aliphatic heterocycles. The van der Waals surface area contributed by atoms with Crippen molar-refractivity contribution in [3.8, 4) is 5.75 Å². The summed E-state index contributed by atoms with van der Waals surface area (Å²) in [5.74, 6) is 0.299. The molecule has 0 radical (unpaired) electrons. The lowest BCUT2D eigenvalue weighted by Crippen LogP contribution is -2.57. The third-order valence-electron chi connectivity index (χ3n) is 4.49. The van der Waals surface area contributed by atoms with E-state index in [1.807, 2.05) is 11.8 Å². The fourth-order valence-electron chi connectivity index (χ4n) is 2.84. The van der Waals surface area contributed by atoms with Gasteiger partial charge in [0.25, 0.3) is 5.91 Å². The molecule has 1 saturated heterocycles. The van der Waals surface area contributed by atoms with E-state index in [4.69, 9.17) is 0 Å². The maximum atomic E-state index is 12.2. The van der Waals surface area contributed by atoms with Gasteiger partial charge in [0.2, 0.25) is 0 Å². The first-order valence-electron chi connectivity index (χ1n) is 8.99. The van der Waals surface area contributed by atoms with E-state index in [1.54, 1.807) is 32.0 Å². The second-order valence-corrected chi connectivity index (χ2v) is 9.75. The Morgan fingerprint density at radius 1 is 1.30 bits per heavy atom. The average molecular weight is 397 g/mol. The maximum absolute atomic E-state index is 12.2. The van der Waals surface area contributed by atoms with E-state index >= 15 is 0 Å². The topological polar surface area (TPSA) is 111 Å². The number of nitrogens with zero attached hydrogens (tertiary/aromatic N) is 2. The zero-order valence-corrected chi connectivity index (χ0v) is 16.8. The SMILES string of the molecule is CCNC(=NCCNC(=O)c1ccccc1O)N1CCS(=O)(=O)C(C)(C)C1. The molecule has 0 aromatic heterocycles. The van der Waals surface area contributed by atoms with Gasteiger partial charge >= 0.3 is 0 Å². The number of nitrogens with one attached hydrogen (secondary N) is 2. The molecule has 8 nitrogen and oxygen atoms in total. The summed E-state index contributed by atoms with van der Waals surface area (Å²) in [4.78, 5) is 18.5. The van der Waals surface area contributed by atoms with Gasteiger partial charge in [0.05, 0.1) is 22.6 Å². The molecule has 9 heteroatoms. The molecule has 27 heavy (non-hydrogen) atoms. The zero-order chi connectivity index (χ0) is 20.1. The highest BCUT2D eigenvalue weighted by Gasteiger charge is 2.40. The maximum Gasteiger partial charge on any atom is 0.255 e. The highest BCUT2D eigenvalue weighted by Crippen LogP contribution is 2.23. The summed E-state index contributed by atoms with van der Waals surface area (Å²) in [6, 6.07) is 6.35. The minimum Gasteiger partial charge on any atom is -0.507 e. The largest absolute Gasteiger partial charge is 0.507 e. The van der Waals surface area contributed by atoms with Crippen molar-refractivity contribution in [2.45, 2.75) is 25.5 Å². The second kappa shape index (κ2) is 8.60. The van der Waals surface area contributed by atoms with Gasteiger partial charge in [-0.15, -0.1) is 0 Å². The van der Waals surface area contributed by atoms with E-state index in [0.717, 1.165) is 0 Å². The van der Waals surface area contributed by atoms with Gasteiger partial charge < -0.3 is 20.6 Å². The van der Waals surface area contributed by atoms with Crippen molar-refractivity contribution in [2.24, 2.45) is 4.99 Å². The molecule has 150 valence electrons. The van der Waals surface area contributed by atoms with Crippen LogP contribution in [0.3, 0.4) is 0 Å². The Kier molecular flexibility index (Phi) is 6.69. The molecule has 1 heterocycles. The fraction of sp³-hybridized carbons (Fsp3) is 0.556. The summed E-state index contributed by atoms with van der Waals surface area (Å²) in [5.41, 5.74) is 0.219. The zero-order valence-electron chi connectivity index (χ0n) is 16.0. The number of benzene rings is 1. The number of amides is 1. The van der Waals surface area contributed by atoms with Gasteiger partial charge in [0, 0.05) is 26.2 Å². The van der Waals surface area contributed by atoms with Crippen molar-refractivity contribution >= 4 is 21.7 Å². The highest BCUT2D eigenvalue weighted by atomic mass is 32.2. The van der Waals surface area contributed by atoms with Crippen molar-refractivity contribution in [2.75, 3.05) is 38.5 Å². The average Bonchev–Trinajstić information content (AvgIpc) is 2.60. The monoisotopic (exact) mass is 396 g/mol. The summed E-state index contributed by atoms with van der Waals surface area (Å²) in [6.45, 7) is 7.46. The van der Waals surface area contributed by atoms with Crippen LogP contribution in [-0.2, 0) is 9.84 Å². The lowest BCUT2D eigenvalue weighted by molar-refractivity contribution is 0.0952. The van der Waals surface area contributed by atoms with Gasteiger partial charge in [0.15, 0.2) is 15.8 Å². The third-order valence-corrected chi connectivity index (χ3v) is 7.02. The summed E-state index contributed by atoms with van der Waals surface area (Å²) in [6.07, 6.45) is 0. The van der Waals surface area contributed by atoms with E-state index in [-0.39, 0.29) is 23.0 Å². The Labute approximate surface area is 160 Å². The Hall–Kier alpha value is -2.29. The van der Waals surface area contributed by atoms with Crippen molar-refractivity contribution in [3.05, 3.63) is 29.8 Å². The predicted molar refractivity (Wildman–Crippen MR) is 106 cm³/mol. The number of aromatic hydroxyl groups is 1. The number of guanidine groups is 1. The Balaban J connectivity index is 1.96. The van der Waals surface area contributed by atoms with Crippen LogP contribution in [0.5, 0.6) is 5.75 Å². The summed E-state index contributed by atoms with van der Waals surface area (Å²) < 4.78 is 23.5. The number of hydrogen-bond acceptors (Lipinski definition) is 5. The van der Waals surface area contributed by atoms with Crippen LogP contribution in [-0.4, -0.2) is 73.5 Å². The number of para-hydroxylation sites is 1. The quantitative estimate of drug-likeness (QED) is 0.382. The van der Waals surface area contributed by atoms with Crippen LogP contribution in [0.25, 0.3) is 0 Å². The number of hydrogen-bond donors (Lipinski definition) is 3. The van der Waals surface area contributed by atoms with Gasteiger partial charge in [-0.25, -0.2) is 8.42 Å². The van der Waals surface area contributed by atoms with Crippen molar-refractivity contribution in [3.63, 3.8) is 0 Å². The first-order valence-corrected chi connectivity index (χ1v) is 10.6. The molecule has 1 aromatic rings. The lowest BCUT2D eigenvalue weighted by atomic mass is 10.2. The fourth-order valence-corrected chi connectivity index (χ4v) is 4.21. The van der Waals surface area contributed by atoms with Gasteiger partial charge in [-0.1, -0.05) is 12.1 Å². The number of sulfone groups is 1. The molecule has 1 fully saturated rings. The standard InChI is InChI=1S/C18H28N4O4S/c1-4-19-17(22-11-12-27(25,26)18(2,3)13-22)21-10-9-20-16(24)14-7-5-6-8-15(14)23/h5-8,23H,4,9-13H2,1-3H3,(H,19,21)(H,20,24). The smallest absolute Gasteiger partial charge is 0.255 e. The van der Waals surface area contributed by atoms with Crippen molar-refractivity contribution in [1.29, 1.82) is 0 Å². The summed E-state index contributed by atoms with van der Waals surface area (Å²) in [5, 5.41) is 15.6. The van der Waals surface area contributed by atoms with Crippen LogP contribution < -0.4 is 10.6 Å².